The molecule has 1 aromatic heterocycles. The van der Waals surface area contributed by atoms with Gasteiger partial charge in [-0.25, -0.2) is 5.84 Å². The van der Waals surface area contributed by atoms with E-state index in [1.54, 1.807) is 7.11 Å². The molecule has 284 valence electrons. The molecule has 0 radical (unpaired) electrons. The van der Waals surface area contributed by atoms with Crippen molar-refractivity contribution in [2.24, 2.45) is 17.2 Å². The van der Waals surface area contributed by atoms with Crippen LogP contribution in [0.25, 0.3) is 10.9 Å². The Labute approximate surface area is 312 Å². The van der Waals surface area contributed by atoms with E-state index in [0.717, 1.165) is 73.5 Å². The van der Waals surface area contributed by atoms with Crippen molar-refractivity contribution in [1.82, 2.24) is 20.2 Å². The van der Waals surface area contributed by atoms with Crippen LogP contribution in [0.5, 0.6) is 5.75 Å². The third-order valence-electron chi connectivity index (χ3n) is 15.2. The number of benzene rings is 2. The number of rotatable bonds is 5. The highest BCUT2D eigenvalue weighted by Gasteiger charge is 2.78. The molecule has 2 bridgehead atoms. The minimum Gasteiger partial charge on any atom is -0.496 e. The molecule has 1 amide bonds. The van der Waals surface area contributed by atoms with Crippen LogP contribution in [0, 0.1) is 11.3 Å². The maximum absolute atomic E-state index is 14.0. The Morgan fingerprint density at radius 2 is 1.89 bits per heavy atom. The first-order valence-corrected chi connectivity index (χ1v) is 19.7. The number of aliphatic hydroxyl groups is 3. The van der Waals surface area contributed by atoms with E-state index in [-0.39, 0.29) is 12.0 Å². The highest BCUT2D eigenvalue weighted by Crippen LogP contribution is 2.67. The summed E-state index contributed by atoms with van der Waals surface area (Å²) in [5.41, 5.74) is 3.76. The van der Waals surface area contributed by atoms with Crippen LogP contribution in [0.3, 0.4) is 0 Å². The summed E-state index contributed by atoms with van der Waals surface area (Å²) in [6.45, 7) is 10.5. The second-order valence-corrected chi connectivity index (χ2v) is 17.5. The summed E-state index contributed by atoms with van der Waals surface area (Å²) in [6, 6.07) is 12.1. The number of nitrogens with two attached hydrogens (primary N) is 1. The zero-order valence-electron chi connectivity index (χ0n) is 31.8. The molecule has 1 saturated carbocycles. The number of likely N-dealkylation sites (N-methyl/N-ethyl adjacent to an activating group) is 1. The third kappa shape index (κ3) is 4.40. The van der Waals surface area contributed by atoms with Gasteiger partial charge in [0.1, 0.15) is 11.9 Å². The van der Waals surface area contributed by atoms with Gasteiger partial charge in [0.2, 0.25) is 0 Å². The summed E-state index contributed by atoms with van der Waals surface area (Å²) in [5.74, 6) is 6.03. The number of aromatic amines is 1. The highest BCUT2D eigenvalue weighted by molar-refractivity contribution is 5.90. The number of aromatic nitrogens is 1. The minimum absolute atomic E-state index is 0.163. The first-order valence-electron chi connectivity index (χ1n) is 19.7. The van der Waals surface area contributed by atoms with Crippen LogP contribution in [0.1, 0.15) is 75.3 Å². The monoisotopic (exact) mass is 724 g/mol. The Morgan fingerprint density at radius 3 is 2.62 bits per heavy atom. The van der Waals surface area contributed by atoms with Gasteiger partial charge in [0, 0.05) is 89.4 Å². The number of fused-ring (bicyclic) bond motifs is 6. The quantitative estimate of drug-likeness (QED) is 0.101. The van der Waals surface area contributed by atoms with E-state index in [1.165, 1.54) is 16.6 Å². The Bertz CT molecular complexity index is 2020. The van der Waals surface area contributed by atoms with Crippen molar-refractivity contribution in [1.29, 1.82) is 0 Å². The molecule has 11 heteroatoms. The molecular weight excluding hydrogens is 668 g/mol. The van der Waals surface area contributed by atoms with Gasteiger partial charge in [-0.2, -0.15) is 0 Å². The average Bonchev–Trinajstić information content (AvgIpc) is 3.82. The number of para-hydroxylation sites is 1. The number of aliphatic hydroxyl groups excluding tert-OH is 1. The number of methoxy groups -OCH3 is 1. The van der Waals surface area contributed by atoms with Gasteiger partial charge in [-0.05, 0) is 81.2 Å². The van der Waals surface area contributed by atoms with Crippen molar-refractivity contribution >= 4 is 22.5 Å². The van der Waals surface area contributed by atoms with Crippen LogP contribution >= 0.6 is 0 Å². The van der Waals surface area contributed by atoms with Gasteiger partial charge in [0.15, 0.2) is 5.60 Å². The van der Waals surface area contributed by atoms with Crippen molar-refractivity contribution in [3.8, 4) is 5.75 Å². The fourth-order valence-electron chi connectivity index (χ4n) is 13.0. The summed E-state index contributed by atoms with van der Waals surface area (Å²) < 4.78 is 6.38. The molecule has 1 aliphatic carbocycles. The molecule has 1 spiro atoms. The van der Waals surface area contributed by atoms with Crippen molar-refractivity contribution in [2.75, 3.05) is 51.8 Å². The van der Waals surface area contributed by atoms with E-state index < -0.39 is 45.5 Å². The molecule has 6 aliphatic rings. The summed E-state index contributed by atoms with van der Waals surface area (Å²) >= 11 is 0. The van der Waals surface area contributed by atoms with Crippen molar-refractivity contribution in [3.05, 3.63) is 70.9 Å². The van der Waals surface area contributed by atoms with Crippen LogP contribution in [-0.4, -0.2) is 112 Å². The Kier molecular flexibility index (Phi) is 7.84. The van der Waals surface area contributed by atoms with Gasteiger partial charge in [-0.3, -0.25) is 20.0 Å². The standard InChI is InChI=1S/C42H56N6O5/c1-6-39(51)22-25-21-38(3,33-27(13-17-47(23-25)24-39)26-11-8-9-12-30(26)44-33)29-19-28-31(20-32(29)53-5)46(4)35-41(28)15-18-48-16-10-14-40(7-2,34(41)48)36(49)42(35,52)37(50)45-43/h8-12,14,19-20,25,34-36,44,49,51-52H,6-7,13,15-18,21-24,43H2,1-5H3,(H,45,50)/t25?,34-,35+,36+,38+,39-,40+,41+,42-/m0/s1. The van der Waals surface area contributed by atoms with Crippen molar-refractivity contribution in [3.63, 3.8) is 0 Å². The zero-order chi connectivity index (χ0) is 37.3. The number of H-pyrrole nitrogens is 1. The number of anilines is 1. The topological polar surface area (TPSA) is 151 Å². The molecule has 53 heavy (non-hydrogen) atoms. The van der Waals surface area contributed by atoms with E-state index in [9.17, 15) is 20.1 Å². The number of nitrogens with one attached hydrogen (secondary N) is 2. The van der Waals surface area contributed by atoms with Crippen LogP contribution < -0.4 is 20.9 Å². The van der Waals surface area contributed by atoms with Crippen LogP contribution in [0.2, 0.25) is 0 Å². The maximum Gasteiger partial charge on any atom is 0.270 e. The smallest absolute Gasteiger partial charge is 0.270 e. The number of nitrogens with zero attached hydrogens (tertiary/aromatic N) is 3. The number of piperidine rings is 1. The molecule has 3 fully saturated rings. The third-order valence-corrected chi connectivity index (χ3v) is 15.2. The SMILES string of the molecule is CC[C@]1(O)CC2CN(CCc3c([nH]c4ccccc34)[C@@](C)(c3cc4c(cc3OC)N(C)[C@H]3[C@@](O)(C(=O)NN)[C@H](O)[C@]5(CC)C=CCN6CC[C@]43[C@@H]65)C2)C1. The molecule has 10 atom stereocenters. The Hall–Kier alpha value is -3.45. The molecule has 2 saturated heterocycles. The van der Waals surface area contributed by atoms with Gasteiger partial charge in [-0.15, -0.1) is 0 Å². The molecule has 11 nitrogen and oxygen atoms in total. The first kappa shape index (κ1) is 35.3. The number of hydrogen-bond donors (Lipinski definition) is 6. The lowest BCUT2D eigenvalue weighted by Crippen LogP contribution is -2.82. The Morgan fingerprint density at radius 1 is 1.09 bits per heavy atom. The van der Waals surface area contributed by atoms with Crippen molar-refractivity contribution < 1.29 is 24.9 Å². The molecule has 6 heterocycles. The number of carbonyl (C=O) groups is 1. The summed E-state index contributed by atoms with van der Waals surface area (Å²) in [5, 5.41) is 38.3. The summed E-state index contributed by atoms with van der Waals surface area (Å²) in [6.07, 6.45) is 7.09. The predicted octanol–water partition coefficient (Wildman–Crippen LogP) is 3.08. The van der Waals surface area contributed by atoms with Gasteiger partial charge in [0.25, 0.3) is 5.91 Å². The van der Waals surface area contributed by atoms with E-state index in [0.29, 0.717) is 25.8 Å². The Balaban J connectivity index is 1.31. The van der Waals surface area contributed by atoms with Crippen LogP contribution in [0.4, 0.5) is 5.69 Å². The molecule has 2 unspecified atom stereocenters. The van der Waals surface area contributed by atoms with E-state index in [4.69, 9.17) is 10.6 Å². The summed E-state index contributed by atoms with van der Waals surface area (Å²) in [7, 11) is 3.65. The number of amides is 1. The lowest BCUT2D eigenvalue weighted by atomic mass is 9.47. The zero-order valence-corrected chi connectivity index (χ0v) is 31.8. The van der Waals surface area contributed by atoms with Gasteiger partial charge < -0.3 is 29.9 Å². The lowest BCUT2D eigenvalue weighted by Gasteiger charge is -2.63. The molecule has 7 N–H and O–H groups in total. The largest absolute Gasteiger partial charge is 0.496 e. The molecule has 5 aliphatic heterocycles. The fourth-order valence-corrected chi connectivity index (χ4v) is 13.0. The number of carbonyl (C=O) groups excluding carboxylic acids is 1. The van der Waals surface area contributed by atoms with Crippen molar-refractivity contribution in [2.45, 2.75) is 99.5 Å². The van der Waals surface area contributed by atoms with Gasteiger partial charge in [-0.1, -0.05) is 44.2 Å². The van der Waals surface area contributed by atoms with Gasteiger partial charge >= 0.3 is 0 Å². The molecule has 9 rings (SSSR count). The first-order chi connectivity index (χ1) is 25.3. The maximum atomic E-state index is 14.0. The second kappa shape index (κ2) is 11.8. The van der Waals surface area contributed by atoms with E-state index >= 15 is 0 Å². The van der Waals surface area contributed by atoms with E-state index in [1.807, 2.05) is 18.9 Å². The van der Waals surface area contributed by atoms with Gasteiger partial charge in [0.05, 0.1) is 18.8 Å². The predicted molar refractivity (Wildman–Crippen MR) is 205 cm³/mol. The summed E-state index contributed by atoms with van der Waals surface area (Å²) in [4.78, 5) is 24.8. The van der Waals surface area contributed by atoms with Crippen LogP contribution in [-0.2, 0) is 22.0 Å². The van der Waals surface area contributed by atoms with E-state index in [2.05, 4.69) is 82.6 Å². The molecular formula is C42H56N6O5. The number of hydrogen-bond acceptors (Lipinski definition) is 9. The second-order valence-electron chi connectivity index (χ2n) is 17.5. The number of hydrazine groups is 1. The lowest BCUT2D eigenvalue weighted by molar-refractivity contribution is -0.203. The molecule has 2 aromatic carbocycles. The molecule has 3 aromatic rings. The normalized spacial score (nSPS) is 40.1. The highest BCUT2D eigenvalue weighted by atomic mass is 16.5. The fraction of sp³-hybridized carbons (Fsp3) is 0.595. The average molecular weight is 725 g/mol. The number of ether oxygens (including phenoxy) is 1. The minimum atomic E-state index is -2.21. The van der Waals surface area contributed by atoms with Crippen LogP contribution in [0.15, 0.2) is 48.6 Å².